The second-order valence-electron chi connectivity index (χ2n) is 5.65. The average Bonchev–Trinajstić information content (AvgIpc) is 2.12. The van der Waals surface area contributed by atoms with Gasteiger partial charge in [0.2, 0.25) is 0 Å². The van der Waals surface area contributed by atoms with E-state index in [9.17, 15) is 8.42 Å². The molecule has 0 heterocycles. The largest absolute Gasteiger partial charge is 0.311 e. The van der Waals surface area contributed by atoms with Gasteiger partial charge in [0, 0.05) is 12.1 Å². The second-order valence-corrected chi connectivity index (χ2v) is 8.12. The lowest BCUT2D eigenvalue weighted by atomic mass is 10.0. The Morgan fingerprint density at radius 2 is 1.69 bits per heavy atom. The lowest BCUT2D eigenvalue weighted by Crippen LogP contribution is -2.44. The van der Waals surface area contributed by atoms with Crippen LogP contribution in [0, 0.1) is 5.92 Å². The minimum Gasteiger partial charge on any atom is -0.311 e. The molecule has 1 N–H and O–H groups in total. The van der Waals surface area contributed by atoms with E-state index < -0.39 is 9.84 Å². The van der Waals surface area contributed by atoms with Crippen molar-refractivity contribution in [3.05, 3.63) is 0 Å². The van der Waals surface area contributed by atoms with Crippen LogP contribution in [0.5, 0.6) is 0 Å². The highest BCUT2D eigenvalue weighted by molar-refractivity contribution is 7.92. The number of sulfone groups is 1. The zero-order valence-electron chi connectivity index (χ0n) is 11.5. The minimum absolute atomic E-state index is 0.0155. The monoisotopic (exact) mass is 249 g/mol. The molecule has 0 saturated heterocycles. The lowest BCUT2D eigenvalue weighted by Gasteiger charge is -2.26. The summed E-state index contributed by atoms with van der Waals surface area (Å²) >= 11 is 0. The molecule has 0 aliphatic carbocycles. The molecule has 0 aliphatic rings. The van der Waals surface area contributed by atoms with Gasteiger partial charge in [-0.15, -0.1) is 0 Å². The van der Waals surface area contributed by atoms with Gasteiger partial charge in [0.05, 0.1) is 11.0 Å². The van der Waals surface area contributed by atoms with Crippen molar-refractivity contribution >= 4 is 9.84 Å². The zero-order valence-corrected chi connectivity index (χ0v) is 12.3. The van der Waals surface area contributed by atoms with E-state index in [4.69, 9.17) is 0 Å². The van der Waals surface area contributed by atoms with Crippen molar-refractivity contribution < 1.29 is 8.42 Å². The van der Waals surface area contributed by atoms with Crippen molar-refractivity contribution in [2.45, 2.75) is 58.8 Å². The Bertz CT molecular complexity index is 294. The van der Waals surface area contributed by atoms with Gasteiger partial charge in [0.1, 0.15) is 0 Å². The molecule has 0 spiro atoms. The van der Waals surface area contributed by atoms with E-state index >= 15 is 0 Å². The van der Waals surface area contributed by atoms with Gasteiger partial charge < -0.3 is 5.32 Å². The minimum atomic E-state index is -2.95. The Morgan fingerprint density at radius 1 is 1.19 bits per heavy atom. The Balaban J connectivity index is 4.31. The summed E-state index contributed by atoms with van der Waals surface area (Å²) in [6.07, 6.45) is 0.990. The van der Waals surface area contributed by atoms with E-state index in [-0.39, 0.29) is 22.5 Å². The molecular weight excluding hydrogens is 222 g/mol. The molecule has 0 aromatic carbocycles. The number of nitrogens with one attached hydrogen (secondary N) is 1. The van der Waals surface area contributed by atoms with Crippen molar-refractivity contribution in [2.75, 3.05) is 12.3 Å². The highest BCUT2D eigenvalue weighted by atomic mass is 32.2. The van der Waals surface area contributed by atoms with Crippen LogP contribution in [0.15, 0.2) is 0 Å². The maximum absolute atomic E-state index is 11.9. The molecule has 0 fully saturated rings. The van der Waals surface area contributed by atoms with E-state index in [0.29, 0.717) is 6.54 Å². The van der Waals surface area contributed by atoms with Crippen molar-refractivity contribution in [1.82, 2.24) is 5.32 Å². The summed E-state index contributed by atoms with van der Waals surface area (Å²) in [5, 5.41) is 3.00. The van der Waals surface area contributed by atoms with Crippen LogP contribution in [-0.2, 0) is 9.84 Å². The molecule has 16 heavy (non-hydrogen) atoms. The first kappa shape index (κ1) is 15.9. The van der Waals surface area contributed by atoms with Crippen LogP contribution in [-0.4, -0.2) is 31.5 Å². The molecule has 0 aromatic heterocycles. The molecular formula is C12H27NO2S. The lowest BCUT2D eigenvalue weighted by molar-refractivity contribution is 0.377. The molecule has 0 radical (unpaired) electrons. The van der Waals surface area contributed by atoms with Crippen LogP contribution in [0.25, 0.3) is 0 Å². The molecule has 3 nitrogen and oxygen atoms in total. The third-order valence-corrected chi connectivity index (χ3v) is 5.45. The summed E-state index contributed by atoms with van der Waals surface area (Å²) < 4.78 is 23.8. The van der Waals surface area contributed by atoms with Gasteiger partial charge in [-0.3, -0.25) is 0 Å². The van der Waals surface area contributed by atoms with Crippen molar-refractivity contribution in [2.24, 2.45) is 5.92 Å². The van der Waals surface area contributed by atoms with Crippen LogP contribution in [0.2, 0.25) is 0 Å². The molecule has 1 unspecified atom stereocenters. The van der Waals surface area contributed by atoms with Gasteiger partial charge >= 0.3 is 0 Å². The summed E-state index contributed by atoms with van der Waals surface area (Å²) in [4.78, 5) is 0. The van der Waals surface area contributed by atoms with Gasteiger partial charge in [-0.25, -0.2) is 8.42 Å². The van der Waals surface area contributed by atoms with E-state index in [1.54, 1.807) is 6.92 Å². The van der Waals surface area contributed by atoms with E-state index in [2.05, 4.69) is 26.1 Å². The Kier molecular flexibility index (Phi) is 5.98. The summed E-state index contributed by atoms with van der Waals surface area (Å²) in [7, 11) is -2.95. The maximum atomic E-state index is 11.9. The average molecular weight is 249 g/mol. The first-order chi connectivity index (χ1) is 7.10. The molecule has 1 atom stereocenters. The Labute approximate surface area is 101 Å². The van der Waals surface area contributed by atoms with Crippen LogP contribution < -0.4 is 5.32 Å². The fraction of sp³-hybridized carbons (Fsp3) is 1.00. The topological polar surface area (TPSA) is 46.2 Å². The molecule has 4 heteroatoms. The van der Waals surface area contributed by atoms with E-state index in [1.807, 2.05) is 13.8 Å². The molecule has 0 bridgehead atoms. The third-order valence-electron chi connectivity index (χ3n) is 2.93. The van der Waals surface area contributed by atoms with E-state index in [0.717, 1.165) is 6.42 Å². The molecule has 0 saturated carbocycles. The normalized spacial score (nSPS) is 15.4. The van der Waals surface area contributed by atoms with Gasteiger partial charge in [0.25, 0.3) is 0 Å². The first-order valence-electron chi connectivity index (χ1n) is 6.07. The summed E-state index contributed by atoms with van der Waals surface area (Å²) in [6, 6.07) is 0. The SMILES string of the molecule is CCC(C)(C)NCC(C)S(=O)(=O)CC(C)C. The summed E-state index contributed by atoms with van der Waals surface area (Å²) in [5.41, 5.74) is 0.0155. The summed E-state index contributed by atoms with van der Waals surface area (Å²) in [5.74, 6) is 0.481. The summed E-state index contributed by atoms with van der Waals surface area (Å²) in [6.45, 7) is 12.5. The van der Waals surface area contributed by atoms with Crippen molar-refractivity contribution in [3.8, 4) is 0 Å². The standard InChI is InChI=1S/C12H27NO2S/c1-7-12(5,6)13-8-11(4)16(14,15)9-10(2)3/h10-11,13H,7-9H2,1-6H3. The quantitative estimate of drug-likeness (QED) is 0.752. The third kappa shape index (κ3) is 5.85. The van der Waals surface area contributed by atoms with Crippen LogP contribution >= 0.6 is 0 Å². The second kappa shape index (κ2) is 6.01. The molecule has 98 valence electrons. The van der Waals surface area contributed by atoms with Gasteiger partial charge in [-0.05, 0) is 33.1 Å². The molecule has 0 amide bonds. The number of hydrogen-bond acceptors (Lipinski definition) is 3. The predicted molar refractivity (Wildman–Crippen MR) is 70.5 cm³/mol. The molecule has 0 rings (SSSR count). The molecule has 0 aromatic rings. The first-order valence-corrected chi connectivity index (χ1v) is 7.79. The Morgan fingerprint density at radius 3 is 2.06 bits per heavy atom. The maximum Gasteiger partial charge on any atom is 0.154 e. The zero-order chi connectivity index (χ0) is 13.0. The van der Waals surface area contributed by atoms with Crippen LogP contribution in [0.1, 0.15) is 48.0 Å². The van der Waals surface area contributed by atoms with Gasteiger partial charge in [0.15, 0.2) is 9.84 Å². The van der Waals surface area contributed by atoms with E-state index in [1.165, 1.54) is 0 Å². The Hall–Kier alpha value is -0.0900. The van der Waals surface area contributed by atoms with Crippen molar-refractivity contribution in [3.63, 3.8) is 0 Å². The molecule has 0 aliphatic heterocycles. The van der Waals surface area contributed by atoms with Crippen LogP contribution in [0.3, 0.4) is 0 Å². The van der Waals surface area contributed by atoms with Crippen molar-refractivity contribution in [1.29, 1.82) is 0 Å². The van der Waals surface area contributed by atoms with Crippen LogP contribution in [0.4, 0.5) is 0 Å². The highest BCUT2D eigenvalue weighted by Crippen LogP contribution is 2.10. The van der Waals surface area contributed by atoms with Gasteiger partial charge in [-0.1, -0.05) is 20.8 Å². The fourth-order valence-electron chi connectivity index (χ4n) is 1.30. The predicted octanol–water partition coefficient (Wildman–Crippen LogP) is 2.22. The number of hydrogen-bond donors (Lipinski definition) is 1. The smallest absolute Gasteiger partial charge is 0.154 e. The van der Waals surface area contributed by atoms with Gasteiger partial charge in [-0.2, -0.15) is 0 Å². The highest BCUT2D eigenvalue weighted by Gasteiger charge is 2.24. The fourth-order valence-corrected chi connectivity index (χ4v) is 2.90. The number of rotatable bonds is 7.